The van der Waals surface area contributed by atoms with Crippen molar-refractivity contribution >= 4 is 40.2 Å². The largest absolute Gasteiger partial charge is 0.506 e. The van der Waals surface area contributed by atoms with Gasteiger partial charge in [-0.05, 0) is 44.0 Å². The van der Waals surface area contributed by atoms with Crippen LogP contribution < -0.4 is 4.72 Å². The van der Waals surface area contributed by atoms with Gasteiger partial charge in [0.25, 0.3) is 0 Å². The van der Waals surface area contributed by atoms with E-state index in [0.29, 0.717) is 5.75 Å². The van der Waals surface area contributed by atoms with Crippen LogP contribution in [0.2, 0.25) is 0 Å². The van der Waals surface area contributed by atoms with Crippen LogP contribution in [-0.2, 0) is 0 Å². The molecule has 3 N–H and O–H groups in total. The molecule has 4 aromatic rings. The maximum atomic E-state index is 10.8. The van der Waals surface area contributed by atoms with Crippen molar-refractivity contribution in [2.45, 2.75) is 28.5 Å². The number of phenols is 1. The highest BCUT2D eigenvalue weighted by molar-refractivity contribution is 8.00. The number of H-pyrrole nitrogens is 1. The Morgan fingerprint density at radius 3 is 2.37 bits per heavy atom. The number of hydrogen-bond donors (Lipinski definition) is 3. The number of aryl methyl sites for hydroxylation is 2. The Hall–Kier alpha value is -2.57. The second-order valence-electron chi connectivity index (χ2n) is 6.20. The van der Waals surface area contributed by atoms with E-state index < -0.39 is 0 Å². The molecule has 4 rings (SSSR count). The third-order valence-electron chi connectivity index (χ3n) is 4.28. The minimum absolute atomic E-state index is 0.311. The van der Waals surface area contributed by atoms with Crippen LogP contribution in [-0.4, -0.2) is 15.3 Å². The number of aromatic hydroxyl groups is 1. The van der Waals surface area contributed by atoms with Crippen molar-refractivity contribution in [3.8, 4) is 5.75 Å². The fourth-order valence-electron chi connectivity index (χ4n) is 2.91. The summed E-state index contributed by atoms with van der Waals surface area (Å²) in [4.78, 5) is 3.00. The van der Waals surface area contributed by atoms with Gasteiger partial charge in [0.1, 0.15) is 5.75 Å². The summed E-state index contributed by atoms with van der Waals surface area (Å²) in [5.74, 6) is 0.311. The van der Waals surface area contributed by atoms with Gasteiger partial charge in [-0.15, -0.1) is 0 Å². The van der Waals surface area contributed by atoms with Crippen LogP contribution in [0, 0.1) is 13.8 Å². The zero-order valence-corrected chi connectivity index (χ0v) is 16.6. The van der Waals surface area contributed by atoms with Gasteiger partial charge in [0.2, 0.25) is 0 Å². The Morgan fingerprint density at radius 1 is 0.963 bits per heavy atom. The maximum absolute atomic E-state index is 10.8. The molecule has 3 aromatic carbocycles. The van der Waals surface area contributed by atoms with Gasteiger partial charge in [0.15, 0.2) is 0 Å². The summed E-state index contributed by atoms with van der Waals surface area (Å²) >= 11 is 3.09. The first-order valence-corrected chi connectivity index (χ1v) is 10.2. The molecule has 0 saturated heterocycles. The summed E-state index contributed by atoms with van der Waals surface area (Å²) < 4.78 is 3.46. The van der Waals surface area contributed by atoms with Gasteiger partial charge >= 0.3 is 0 Å². The first-order valence-electron chi connectivity index (χ1n) is 8.55. The van der Waals surface area contributed by atoms with E-state index in [4.69, 9.17) is 0 Å². The van der Waals surface area contributed by atoms with E-state index in [1.54, 1.807) is 11.8 Å². The highest BCUT2D eigenvalue weighted by Crippen LogP contribution is 2.43. The van der Waals surface area contributed by atoms with Crippen molar-refractivity contribution in [1.82, 2.24) is 10.2 Å². The molecular formula is C21H19N3OS2. The number of benzene rings is 3. The number of anilines is 1. The zero-order valence-electron chi connectivity index (χ0n) is 15.0. The van der Waals surface area contributed by atoms with Crippen LogP contribution in [0.25, 0.3) is 10.8 Å². The van der Waals surface area contributed by atoms with Crippen LogP contribution in [0.5, 0.6) is 5.75 Å². The van der Waals surface area contributed by atoms with E-state index in [1.165, 1.54) is 11.9 Å². The molecule has 1 aromatic heterocycles. The van der Waals surface area contributed by atoms with Gasteiger partial charge in [0.05, 0.1) is 21.2 Å². The molecule has 0 aliphatic heterocycles. The number of phenolic OH excluding ortho intramolecular Hbond substituents is 1. The van der Waals surface area contributed by atoms with Gasteiger partial charge < -0.3 is 9.83 Å². The number of rotatable bonds is 5. The molecule has 4 nitrogen and oxygen atoms in total. The summed E-state index contributed by atoms with van der Waals surface area (Å²) in [7, 11) is 0. The third-order valence-corrected chi connectivity index (χ3v) is 6.44. The molecule has 0 aliphatic rings. The van der Waals surface area contributed by atoms with Gasteiger partial charge in [0, 0.05) is 21.4 Å². The predicted molar refractivity (Wildman–Crippen MR) is 114 cm³/mol. The lowest BCUT2D eigenvalue weighted by atomic mass is 10.1. The second kappa shape index (κ2) is 7.58. The minimum atomic E-state index is 0.311. The SMILES string of the molecule is Cc1n[nH]c(C)c1SNc1cc(Sc2ccccc2)c(O)c2ccccc12. The molecule has 0 fully saturated rings. The molecule has 0 aliphatic carbocycles. The number of nitrogens with one attached hydrogen (secondary N) is 2. The van der Waals surface area contributed by atoms with Gasteiger partial charge in [-0.1, -0.05) is 54.2 Å². The molecule has 0 atom stereocenters. The summed E-state index contributed by atoms with van der Waals surface area (Å²) in [6.07, 6.45) is 0. The molecule has 0 amide bonds. The second-order valence-corrected chi connectivity index (χ2v) is 8.13. The summed E-state index contributed by atoms with van der Waals surface area (Å²) in [6.45, 7) is 3.99. The predicted octanol–water partition coefficient (Wildman–Crippen LogP) is 6.16. The Labute approximate surface area is 166 Å². The lowest BCUT2D eigenvalue weighted by Gasteiger charge is -2.14. The molecule has 6 heteroatoms. The van der Waals surface area contributed by atoms with E-state index in [1.807, 2.05) is 74.5 Å². The van der Waals surface area contributed by atoms with Crippen LogP contribution in [0.3, 0.4) is 0 Å². The van der Waals surface area contributed by atoms with Gasteiger partial charge in [-0.2, -0.15) is 5.10 Å². The highest BCUT2D eigenvalue weighted by atomic mass is 32.2. The minimum Gasteiger partial charge on any atom is -0.506 e. The normalized spacial score (nSPS) is 11.0. The standard InChI is InChI=1S/C21H19N3OS2/c1-13-21(14(2)23-22-13)27-24-18-12-19(26-15-8-4-3-5-9-15)20(25)17-11-7-6-10-16(17)18/h3-12,24-25H,1-2H3,(H,22,23). The number of hydrogen-bond acceptors (Lipinski definition) is 5. The van der Waals surface area contributed by atoms with Crippen LogP contribution in [0.1, 0.15) is 11.4 Å². The molecule has 0 saturated carbocycles. The lowest BCUT2D eigenvalue weighted by Crippen LogP contribution is -1.92. The van der Waals surface area contributed by atoms with Crippen molar-refractivity contribution in [2.24, 2.45) is 0 Å². The summed E-state index contributed by atoms with van der Waals surface area (Å²) in [6, 6.07) is 20.0. The van der Waals surface area contributed by atoms with Crippen molar-refractivity contribution in [2.75, 3.05) is 4.72 Å². The maximum Gasteiger partial charge on any atom is 0.137 e. The molecule has 0 radical (unpaired) electrons. The molecule has 136 valence electrons. The third kappa shape index (κ3) is 3.63. The smallest absolute Gasteiger partial charge is 0.137 e. The van der Waals surface area contributed by atoms with Crippen molar-refractivity contribution in [1.29, 1.82) is 0 Å². The molecule has 0 bridgehead atoms. The van der Waals surface area contributed by atoms with Crippen LogP contribution in [0.4, 0.5) is 5.69 Å². The Morgan fingerprint density at radius 2 is 1.67 bits per heavy atom. The fraction of sp³-hybridized carbons (Fsp3) is 0.0952. The van der Waals surface area contributed by atoms with Crippen LogP contribution >= 0.6 is 23.7 Å². The van der Waals surface area contributed by atoms with Crippen LogP contribution in [0.15, 0.2) is 75.4 Å². The molecule has 27 heavy (non-hydrogen) atoms. The fourth-order valence-corrected chi connectivity index (χ4v) is 4.61. The van der Waals surface area contributed by atoms with E-state index >= 15 is 0 Å². The first kappa shape index (κ1) is 17.8. The van der Waals surface area contributed by atoms with E-state index in [0.717, 1.165) is 42.5 Å². The highest BCUT2D eigenvalue weighted by Gasteiger charge is 2.14. The summed E-state index contributed by atoms with van der Waals surface area (Å²) in [5, 5.41) is 19.9. The number of aromatic amines is 1. The number of nitrogens with zero attached hydrogens (tertiary/aromatic N) is 1. The molecule has 0 spiro atoms. The number of fused-ring (bicyclic) bond motifs is 1. The number of aromatic nitrogens is 2. The Bertz CT molecular complexity index is 1070. The molecule has 1 heterocycles. The van der Waals surface area contributed by atoms with Gasteiger partial charge in [-0.3, -0.25) is 5.10 Å². The monoisotopic (exact) mass is 393 g/mol. The Kier molecular flexibility index (Phi) is 5.01. The van der Waals surface area contributed by atoms with Crippen molar-refractivity contribution in [3.63, 3.8) is 0 Å². The average Bonchev–Trinajstić information content (AvgIpc) is 3.02. The Balaban J connectivity index is 1.73. The van der Waals surface area contributed by atoms with E-state index in [-0.39, 0.29) is 0 Å². The van der Waals surface area contributed by atoms with Crippen molar-refractivity contribution < 1.29 is 5.11 Å². The topological polar surface area (TPSA) is 60.9 Å². The first-order chi connectivity index (χ1) is 13.1. The molecular weight excluding hydrogens is 374 g/mol. The quantitative estimate of drug-likeness (QED) is 0.280. The van der Waals surface area contributed by atoms with E-state index in [9.17, 15) is 5.11 Å². The zero-order chi connectivity index (χ0) is 18.8. The summed E-state index contributed by atoms with van der Waals surface area (Å²) in [5.41, 5.74) is 2.96. The average molecular weight is 394 g/mol. The van der Waals surface area contributed by atoms with E-state index in [2.05, 4.69) is 14.9 Å². The lowest BCUT2D eigenvalue weighted by molar-refractivity contribution is 0.469. The van der Waals surface area contributed by atoms with Crippen molar-refractivity contribution in [3.05, 3.63) is 72.1 Å². The van der Waals surface area contributed by atoms with Gasteiger partial charge in [-0.25, -0.2) is 0 Å². The molecule has 0 unspecified atom stereocenters.